The Morgan fingerprint density at radius 1 is 1.14 bits per heavy atom. The van der Waals surface area contributed by atoms with E-state index in [-0.39, 0.29) is 12.1 Å². The predicted molar refractivity (Wildman–Crippen MR) is 88.7 cm³/mol. The number of rotatable bonds is 5. The first-order valence-electron chi connectivity index (χ1n) is 6.98. The summed E-state index contributed by atoms with van der Waals surface area (Å²) in [6, 6.07) is 10.1. The molecule has 0 spiro atoms. The molecule has 1 N–H and O–H groups in total. The Kier molecular flexibility index (Phi) is 5.17. The van der Waals surface area contributed by atoms with Crippen molar-refractivity contribution in [2.45, 2.75) is 39.8 Å². The highest BCUT2D eigenvalue weighted by Crippen LogP contribution is 2.22. The summed E-state index contributed by atoms with van der Waals surface area (Å²) in [5, 5.41) is 3.32. The number of hydrogen-bond donors (Lipinski definition) is 1. The summed E-state index contributed by atoms with van der Waals surface area (Å²) in [4.78, 5) is 8.82. The maximum absolute atomic E-state index is 5.64. The third kappa shape index (κ3) is 4.70. The molecule has 1 unspecified atom stereocenters. The molecule has 2 rings (SSSR count). The van der Waals surface area contributed by atoms with Crippen LogP contribution in [0.15, 0.2) is 34.8 Å². The topological polar surface area (TPSA) is 47.0 Å². The Labute approximate surface area is 134 Å². The Bertz CT molecular complexity index is 616. The lowest BCUT2D eigenvalue weighted by Crippen LogP contribution is -2.12. The monoisotopic (exact) mass is 349 g/mol. The largest absolute Gasteiger partial charge is 0.475 e. The Morgan fingerprint density at radius 2 is 1.90 bits per heavy atom. The van der Waals surface area contributed by atoms with Crippen LogP contribution in [0.25, 0.3) is 0 Å². The molecule has 4 nitrogen and oxygen atoms in total. The van der Waals surface area contributed by atoms with E-state index < -0.39 is 0 Å². The average molecular weight is 350 g/mol. The van der Waals surface area contributed by atoms with Crippen LogP contribution < -0.4 is 10.1 Å². The van der Waals surface area contributed by atoms with Crippen molar-refractivity contribution in [3.8, 4) is 5.88 Å². The van der Waals surface area contributed by atoms with E-state index in [0.29, 0.717) is 11.8 Å². The minimum Gasteiger partial charge on any atom is -0.475 e. The number of nitrogens with one attached hydrogen (secondary N) is 1. The molecular weight excluding hydrogens is 330 g/mol. The second-order valence-electron chi connectivity index (χ2n) is 5.26. The number of benzene rings is 1. The molecule has 0 fully saturated rings. The SMILES string of the molecule is Cc1cc(OC(C)C)nc(NC(C)c2cccc(Br)c2)n1. The van der Waals surface area contributed by atoms with Gasteiger partial charge in [-0.1, -0.05) is 28.1 Å². The van der Waals surface area contributed by atoms with E-state index in [0.717, 1.165) is 10.2 Å². The van der Waals surface area contributed by atoms with Gasteiger partial charge >= 0.3 is 0 Å². The molecule has 0 bridgehead atoms. The van der Waals surface area contributed by atoms with Crippen LogP contribution >= 0.6 is 15.9 Å². The van der Waals surface area contributed by atoms with Crippen molar-refractivity contribution in [3.05, 3.63) is 46.1 Å². The zero-order chi connectivity index (χ0) is 15.4. The number of anilines is 1. The van der Waals surface area contributed by atoms with Gasteiger partial charge in [-0.3, -0.25) is 0 Å². The van der Waals surface area contributed by atoms with Gasteiger partial charge in [-0.15, -0.1) is 0 Å². The van der Waals surface area contributed by atoms with Gasteiger partial charge in [0.15, 0.2) is 0 Å². The Morgan fingerprint density at radius 3 is 2.57 bits per heavy atom. The molecule has 0 amide bonds. The molecular formula is C16H20BrN3O. The van der Waals surface area contributed by atoms with Crippen molar-refractivity contribution in [1.29, 1.82) is 0 Å². The van der Waals surface area contributed by atoms with Crippen molar-refractivity contribution in [1.82, 2.24) is 9.97 Å². The van der Waals surface area contributed by atoms with Crippen LogP contribution in [0, 0.1) is 6.92 Å². The van der Waals surface area contributed by atoms with Crippen molar-refractivity contribution in [3.63, 3.8) is 0 Å². The smallest absolute Gasteiger partial charge is 0.226 e. The summed E-state index contributed by atoms with van der Waals surface area (Å²) in [6.45, 7) is 7.98. The second kappa shape index (κ2) is 6.89. The van der Waals surface area contributed by atoms with Crippen LogP contribution in [-0.2, 0) is 0 Å². The third-order valence-corrected chi connectivity index (χ3v) is 3.37. The average Bonchev–Trinajstić information content (AvgIpc) is 2.37. The van der Waals surface area contributed by atoms with Crippen LogP contribution in [0.3, 0.4) is 0 Å². The molecule has 5 heteroatoms. The summed E-state index contributed by atoms with van der Waals surface area (Å²) in [5.41, 5.74) is 2.05. The van der Waals surface area contributed by atoms with E-state index in [1.807, 2.05) is 39.0 Å². The number of halogens is 1. The first-order valence-corrected chi connectivity index (χ1v) is 7.77. The van der Waals surface area contributed by atoms with Gasteiger partial charge in [0.25, 0.3) is 0 Å². The fourth-order valence-electron chi connectivity index (χ4n) is 1.96. The molecule has 1 atom stereocenters. The van der Waals surface area contributed by atoms with Crippen molar-refractivity contribution < 1.29 is 4.74 Å². The molecule has 0 saturated carbocycles. The minimum atomic E-state index is 0.0923. The summed E-state index contributed by atoms with van der Waals surface area (Å²) < 4.78 is 6.70. The van der Waals surface area contributed by atoms with E-state index in [1.165, 1.54) is 5.56 Å². The number of aromatic nitrogens is 2. The van der Waals surface area contributed by atoms with E-state index in [2.05, 4.69) is 50.3 Å². The first kappa shape index (κ1) is 15.8. The maximum atomic E-state index is 5.64. The van der Waals surface area contributed by atoms with E-state index >= 15 is 0 Å². The van der Waals surface area contributed by atoms with Gasteiger partial charge in [0, 0.05) is 16.2 Å². The molecule has 21 heavy (non-hydrogen) atoms. The lowest BCUT2D eigenvalue weighted by Gasteiger charge is -2.16. The quantitative estimate of drug-likeness (QED) is 0.862. The summed E-state index contributed by atoms with van der Waals surface area (Å²) >= 11 is 3.49. The van der Waals surface area contributed by atoms with Gasteiger partial charge in [0.2, 0.25) is 11.8 Å². The van der Waals surface area contributed by atoms with Crippen molar-refractivity contribution in [2.24, 2.45) is 0 Å². The molecule has 1 aromatic heterocycles. The zero-order valence-electron chi connectivity index (χ0n) is 12.7. The molecule has 0 aliphatic heterocycles. The van der Waals surface area contributed by atoms with E-state index in [4.69, 9.17) is 4.74 Å². The molecule has 1 aromatic carbocycles. The van der Waals surface area contributed by atoms with E-state index in [1.54, 1.807) is 0 Å². The van der Waals surface area contributed by atoms with Gasteiger partial charge < -0.3 is 10.1 Å². The summed E-state index contributed by atoms with van der Waals surface area (Å²) in [6.07, 6.45) is 0.0923. The lowest BCUT2D eigenvalue weighted by atomic mass is 10.1. The normalized spacial score (nSPS) is 12.3. The number of hydrogen-bond acceptors (Lipinski definition) is 4. The molecule has 0 radical (unpaired) electrons. The maximum Gasteiger partial charge on any atom is 0.226 e. The van der Waals surface area contributed by atoms with Gasteiger partial charge in [0.05, 0.1) is 12.1 Å². The number of ether oxygens (including phenoxy) is 1. The fourth-order valence-corrected chi connectivity index (χ4v) is 2.38. The molecule has 0 aliphatic rings. The standard InChI is InChI=1S/C16H20BrN3O/c1-10(2)21-15-8-11(3)18-16(20-15)19-12(4)13-6-5-7-14(17)9-13/h5-10,12H,1-4H3,(H,18,19,20). The third-order valence-electron chi connectivity index (χ3n) is 2.88. The molecule has 1 heterocycles. The van der Waals surface area contributed by atoms with Crippen LogP contribution in [0.5, 0.6) is 5.88 Å². The zero-order valence-corrected chi connectivity index (χ0v) is 14.3. The van der Waals surface area contributed by atoms with Crippen LogP contribution in [0.2, 0.25) is 0 Å². The molecule has 0 saturated heterocycles. The fraction of sp³-hybridized carbons (Fsp3) is 0.375. The van der Waals surface area contributed by atoms with Crippen LogP contribution in [-0.4, -0.2) is 16.1 Å². The van der Waals surface area contributed by atoms with E-state index in [9.17, 15) is 0 Å². The second-order valence-corrected chi connectivity index (χ2v) is 6.17. The van der Waals surface area contributed by atoms with Gasteiger partial charge in [-0.25, -0.2) is 4.98 Å². The molecule has 0 aliphatic carbocycles. The number of aryl methyl sites for hydroxylation is 1. The highest BCUT2D eigenvalue weighted by molar-refractivity contribution is 9.10. The van der Waals surface area contributed by atoms with Crippen molar-refractivity contribution in [2.75, 3.05) is 5.32 Å². The molecule has 112 valence electrons. The van der Waals surface area contributed by atoms with Gasteiger partial charge in [0.1, 0.15) is 0 Å². The predicted octanol–water partition coefficient (Wildman–Crippen LogP) is 4.51. The minimum absolute atomic E-state index is 0.0923. The summed E-state index contributed by atoms with van der Waals surface area (Å²) in [7, 11) is 0. The van der Waals surface area contributed by atoms with Gasteiger partial charge in [-0.05, 0) is 45.4 Å². The first-order chi connectivity index (χ1) is 9.94. The Hall–Kier alpha value is -1.62. The van der Waals surface area contributed by atoms with Crippen LogP contribution in [0.1, 0.15) is 38.1 Å². The number of nitrogens with zero attached hydrogens (tertiary/aromatic N) is 2. The Balaban J connectivity index is 2.17. The molecule has 2 aromatic rings. The lowest BCUT2D eigenvalue weighted by molar-refractivity contribution is 0.232. The van der Waals surface area contributed by atoms with Crippen LogP contribution in [0.4, 0.5) is 5.95 Å². The highest BCUT2D eigenvalue weighted by Gasteiger charge is 2.10. The summed E-state index contributed by atoms with van der Waals surface area (Å²) in [5.74, 6) is 1.18. The van der Waals surface area contributed by atoms with Crippen molar-refractivity contribution >= 4 is 21.9 Å². The highest BCUT2D eigenvalue weighted by atomic mass is 79.9. The van der Waals surface area contributed by atoms with Gasteiger partial charge in [-0.2, -0.15) is 4.98 Å².